The van der Waals surface area contributed by atoms with Crippen LogP contribution in [0.4, 0.5) is 5.13 Å². The Morgan fingerprint density at radius 1 is 1.24 bits per heavy atom. The summed E-state index contributed by atoms with van der Waals surface area (Å²) >= 11 is 1.38. The average Bonchev–Trinajstić information content (AvgIpc) is 2.82. The predicted molar refractivity (Wildman–Crippen MR) is 85.2 cm³/mol. The molecule has 0 saturated heterocycles. The van der Waals surface area contributed by atoms with E-state index in [1.807, 2.05) is 0 Å². The van der Waals surface area contributed by atoms with Gasteiger partial charge in [0.15, 0.2) is 0 Å². The molecule has 1 aromatic carbocycles. The number of nitrogens with zero attached hydrogens (tertiary/aromatic N) is 3. The van der Waals surface area contributed by atoms with Gasteiger partial charge in [-0.25, -0.2) is 4.98 Å². The second-order valence-electron chi connectivity index (χ2n) is 5.06. The lowest BCUT2D eigenvalue weighted by atomic mass is 10.1. The Hall–Kier alpha value is -2.21. The second kappa shape index (κ2) is 5.65. The maximum atomic E-state index is 11.6. The summed E-state index contributed by atoms with van der Waals surface area (Å²) in [5.74, 6) is 0. The third-order valence-electron chi connectivity index (χ3n) is 3.14. The van der Waals surface area contributed by atoms with Gasteiger partial charge in [0.1, 0.15) is 0 Å². The van der Waals surface area contributed by atoms with Crippen molar-refractivity contribution in [2.24, 2.45) is 0 Å². The molecule has 0 aliphatic heterocycles. The van der Waals surface area contributed by atoms with Crippen LogP contribution in [0.15, 0.2) is 35.3 Å². The number of fused-ring (bicyclic) bond motifs is 1. The van der Waals surface area contributed by atoms with Crippen molar-refractivity contribution in [3.63, 3.8) is 0 Å². The van der Waals surface area contributed by atoms with Crippen LogP contribution in [0.1, 0.15) is 16.7 Å². The molecule has 0 aliphatic rings. The molecule has 0 fully saturated rings. The van der Waals surface area contributed by atoms with Gasteiger partial charge in [0.2, 0.25) is 10.1 Å². The highest BCUT2D eigenvalue weighted by Crippen LogP contribution is 2.16. The smallest absolute Gasteiger partial charge is 0.275 e. The largest absolute Gasteiger partial charge is 0.360 e. The first-order valence-corrected chi connectivity index (χ1v) is 7.59. The van der Waals surface area contributed by atoms with E-state index in [4.69, 9.17) is 0 Å². The highest BCUT2D eigenvalue weighted by Gasteiger charge is 2.05. The van der Waals surface area contributed by atoms with Gasteiger partial charge < -0.3 is 5.32 Å². The number of nitrogens with one attached hydrogen (secondary N) is 1. The minimum atomic E-state index is -0.154. The normalized spacial score (nSPS) is 11.0. The Balaban J connectivity index is 1.69. The molecule has 0 aliphatic carbocycles. The van der Waals surface area contributed by atoms with Crippen LogP contribution < -0.4 is 10.9 Å². The van der Waals surface area contributed by atoms with Gasteiger partial charge in [-0.3, -0.25) is 4.79 Å². The van der Waals surface area contributed by atoms with Crippen molar-refractivity contribution >= 4 is 21.4 Å². The summed E-state index contributed by atoms with van der Waals surface area (Å²) in [4.78, 5) is 16.3. The number of aryl methyl sites for hydroxylation is 2. The summed E-state index contributed by atoms with van der Waals surface area (Å²) in [6.45, 7) is 4.99. The van der Waals surface area contributed by atoms with Crippen LogP contribution in [0, 0.1) is 13.8 Å². The molecule has 0 amide bonds. The molecule has 0 radical (unpaired) electrons. The van der Waals surface area contributed by atoms with E-state index in [2.05, 4.69) is 47.4 Å². The number of aromatic nitrogens is 3. The zero-order chi connectivity index (χ0) is 14.8. The van der Waals surface area contributed by atoms with Crippen LogP contribution in [0.5, 0.6) is 0 Å². The summed E-state index contributed by atoms with van der Waals surface area (Å²) in [5, 5.41) is 8.20. The monoisotopic (exact) mass is 300 g/mol. The highest BCUT2D eigenvalue weighted by molar-refractivity contribution is 7.20. The molecule has 0 bridgehead atoms. The molecule has 0 saturated carbocycles. The minimum Gasteiger partial charge on any atom is -0.360 e. The topological polar surface area (TPSA) is 59.3 Å². The third-order valence-corrected chi connectivity index (χ3v) is 4.02. The molecule has 6 heteroatoms. The van der Waals surface area contributed by atoms with Crippen LogP contribution >= 0.6 is 11.3 Å². The molecule has 0 spiro atoms. The van der Waals surface area contributed by atoms with Crippen molar-refractivity contribution < 1.29 is 0 Å². The standard InChI is InChI=1S/C15H16N4OS/c1-10-7-11(2)9-12(8-10)3-5-16-14-18-19-13(20)4-6-17-15(19)21-14/h4,6-9H,3,5H2,1-2H3,(H,16,18). The summed E-state index contributed by atoms with van der Waals surface area (Å²) in [6, 6.07) is 7.97. The first-order chi connectivity index (χ1) is 10.1. The molecule has 3 aromatic rings. The van der Waals surface area contributed by atoms with Gasteiger partial charge in [0.05, 0.1) is 0 Å². The van der Waals surface area contributed by atoms with Crippen molar-refractivity contribution in [2.75, 3.05) is 11.9 Å². The van der Waals surface area contributed by atoms with Gasteiger partial charge in [-0.2, -0.15) is 4.52 Å². The molecule has 21 heavy (non-hydrogen) atoms. The van der Waals surface area contributed by atoms with Crippen LogP contribution in [-0.2, 0) is 6.42 Å². The molecule has 108 valence electrons. The van der Waals surface area contributed by atoms with Crippen LogP contribution in [0.3, 0.4) is 0 Å². The molecule has 2 aromatic heterocycles. The van der Waals surface area contributed by atoms with Crippen LogP contribution in [0.25, 0.3) is 4.96 Å². The van der Waals surface area contributed by atoms with E-state index in [1.165, 1.54) is 44.8 Å². The fourth-order valence-corrected chi connectivity index (χ4v) is 3.14. The Kier molecular flexibility index (Phi) is 3.70. The molecular weight excluding hydrogens is 284 g/mol. The van der Waals surface area contributed by atoms with E-state index in [0.29, 0.717) is 4.96 Å². The van der Waals surface area contributed by atoms with E-state index >= 15 is 0 Å². The first-order valence-electron chi connectivity index (χ1n) is 6.78. The van der Waals surface area contributed by atoms with Crippen LogP contribution in [0.2, 0.25) is 0 Å². The second-order valence-corrected chi connectivity index (χ2v) is 6.01. The van der Waals surface area contributed by atoms with Crippen molar-refractivity contribution in [1.82, 2.24) is 14.6 Å². The average molecular weight is 300 g/mol. The van der Waals surface area contributed by atoms with Crippen molar-refractivity contribution in [3.8, 4) is 0 Å². The maximum absolute atomic E-state index is 11.6. The van der Waals surface area contributed by atoms with E-state index in [1.54, 1.807) is 0 Å². The Bertz CT molecular complexity index is 817. The summed E-state index contributed by atoms with van der Waals surface area (Å²) in [6.07, 6.45) is 2.43. The summed E-state index contributed by atoms with van der Waals surface area (Å²) < 4.78 is 1.32. The lowest BCUT2D eigenvalue weighted by Gasteiger charge is -2.05. The molecule has 1 N–H and O–H groups in total. The van der Waals surface area contributed by atoms with Gasteiger partial charge >= 0.3 is 0 Å². The van der Waals surface area contributed by atoms with Crippen LogP contribution in [-0.4, -0.2) is 21.1 Å². The third kappa shape index (κ3) is 3.11. The lowest BCUT2D eigenvalue weighted by Crippen LogP contribution is -2.13. The number of rotatable bonds is 4. The van der Waals surface area contributed by atoms with E-state index in [0.717, 1.165) is 18.1 Å². The Morgan fingerprint density at radius 2 is 2.00 bits per heavy atom. The zero-order valence-electron chi connectivity index (χ0n) is 12.0. The molecule has 3 rings (SSSR count). The lowest BCUT2D eigenvalue weighted by molar-refractivity contribution is 0.891. The van der Waals surface area contributed by atoms with Gasteiger partial charge in [-0.1, -0.05) is 40.7 Å². The number of benzene rings is 1. The summed E-state index contributed by atoms with van der Waals surface area (Å²) in [5.41, 5.74) is 3.71. The van der Waals surface area contributed by atoms with Gasteiger partial charge in [0, 0.05) is 18.8 Å². The highest BCUT2D eigenvalue weighted by atomic mass is 32.1. The maximum Gasteiger partial charge on any atom is 0.275 e. The number of hydrogen-bond acceptors (Lipinski definition) is 5. The first kappa shape index (κ1) is 13.8. The van der Waals surface area contributed by atoms with Crippen molar-refractivity contribution in [1.29, 1.82) is 0 Å². The van der Waals surface area contributed by atoms with E-state index in [-0.39, 0.29) is 5.56 Å². The predicted octanol–water partition coefficient (Wildman–Crippen LogP) is 2.42. The minimum absolute atomic E-state index is 0.154. The zero-order valence-corrected chi connectivity index (χ0v) is 12.8. The SMILES string of the molecule is Cc1cc(C)cc(CCNc2nn3c(=O)ccnc3s2)c1. The Labute approximate surface area is 126 Å². The quantitative estimate of drug-likeness (QED) is 0.804. The molecule has 2 heterocycles. The van der Waals surface area contributed by atoms with E-state index < -0.39 is 0 Å². The van der Waals surface area contributed by atoms with Crippen molar-refractivity contribution in [3.05, 3.63) is 57.5 Å². The molecule has 0 atom stereocenters. The molecular formula is C15H16N4OS. The number of hydrogen-bond donors (Lipinski definition) is 1. The fourth-order valence-electron chi connectivity index (χ4n) is 2.34. The summed E-state index contributed by atoms with van der Waals surface area (Å²) in [7, 11) is 0. The van der Waals surface area contributed by atoms with Crippen molar-refractivity contribution in [2.45, 2.75) is 20.3 Å². The molecule has 0 unspecified atom stereocenters. The Morgan fingerprint density at radius 3 is 2.71 bits per heavy atom. The van der Waals surface area contributed by atoms with Gasteiger partial charge in [0.25, 0.3) is 5.56 Å². The fraction of sp³-hybridized carbons (Fsp3) is 0.267. The van der Waals surface area contributed by atoms with E-state index in [9.17, 15) is 4.79 Å². The number of anilines is 1. The molecule has 5 nitrogen and oxygen atoms in total. The van der Waals surface area contributed by atoms with Gasteiger partial charge in [-0.15, -0.1) is 5.10 Å². The van der Waals surface area contributed by atoms with Gasteiger partial charge in [-0.05, 0) is 25.8 Å².